The van der Waals surface area contributed by atoms with Gasteiger partial charge in [0, 0.05) is 6.07 Å². The summed E-state index contributed by atoms with van der Waals surface area (Å²) < 4.78 is 19.1. The summed E-state index contributed by atoms with van der Waals surface area (Å²) in [6, 6.07) is 4.97. The van der Waals surface area contributed by atoms with Gasteiger partial charge >= 0.3 is 0 Å². The molecule has 0 aliphatic carbocycles. The molecule has 1 nitrogen and oxygen atoms in total. The van der Waals surface area contributed by atoms with Crippen LogP contribution in [0.2, 0.25) is 0 Å². The maximum Gasteiger partial charge on any atom is 0.127 e. The zero-order valence-corrected chi connectivity index (χ0v) is 11.5. The van der Waals surface area contributed by atoms with Crippen molar-refractivity contribution in [3.63, 3.8) is 0 Å². The van der Waals surface area contributed by atoms with Crippen molar-refractivity contribution in [3.05, 3.63) is 29.6 Å². The monoisotopic (exact) mass is 238 g/mol. The van der Waals surface area contributed by atoms with Crippen molar-refractivity contribution < 1.29 is 9.13 Å². The highest BCUT2D eigenvalue weighted by atomic mass is 19.1. The largest absolute Gasteiger partial charge is 0.493 e. The lowest BCUT2D eigenvalue weighted by Crippen LogP contribution is -2.13. The van der Waals surface area contributed by atoms with Crippen LogP contribution in [0.4, 0.5) is 4.39 Å². The maximum atomic E-state index is 13.5. The highest BCUT2D eigenvalue weighted by molar-refractivity contribution is 5.33. The smallest absolute Gasteiger partial charge is 0.127 e. The Bertz CT molecular complexity index is 366. The Labute approximate surface area is 104 Å². The molecular weight excluding hydrogens is 215 g/mol. The van der Waals surface area contributed by atoms with Crippen LogP contribution in [0.15, 0.2) is 18.2 Å². The van der Waals surface area contributed by atoms with Crippen molar-refractivity contribution in [2.75, 3.05) is 6.61 Å². The molecule has 0 aliphatic heterocycles. The van der Waals surface area contributed by atoms with Crippen molar-refractivity contribution in [2.45, 2.75) is 46.5 Å². The Morgan fingerprint density at radius 3 is 2.41 bits per heavy atom. The summed E-state index contributed by atoms with van der Waals surface area (Å²) in [6.07, 6.45) is 1.07. The van der Waals surface area contributed by atoms with Gasteiger partial charge < -0.3 is 4.74 Å². The molecule has 96 valence electrons. The Morgan fingerprint density at radius 2 is 1.88 bits per heavy atom. The third-order valence-corrected chi connectivity index (χ3v) is 2.97. The van der Waals surface area contributed by atoms with Crippen molar-refractivity contribution in [1.82, 2.24) is 0 Å². The van der Waals surface area contributed by atoms with Gasteiger partial charge in [0.25, 0.3) is 0 Å². The summed E-state index contributed by atoms with van der Waals surface area (Å²) in [5.74, 6) is 0.906. The van der Waals surface area contributed by atoms with Gasteiger partial charge in [-0.05, 0) is 29.0 Å². The fraction of sp³-hybridized carbons (Fsp3) is 0.600. The van der Waals surface area contributed by atoms with E-state index in [2.05, 4.69) is 34.6 Å². The maximum absolute atomic E-state index is 13.5. The second kappa shape index (κ2) is 5.52. The first-order valence-corrected chi connectivity index (χ1v) is 6.26. The number of hydrogen-bond acceptors (Lipinski definition) is 1. The summed E-state index contributed by atoms with van der Waals surface area (Å²) in [7, 11) is 0. The van der Waals surface area contributed by atoms with Gasteiger partial charge in [-0.3, -0.25) is 0 Å². The normalized spacial score (nSPS) is 13.5. The van der Waals surface area contributed by atoms with Crippen LogP contribution in [0, 0.1) is 11.7 Å². The van der Waals surface area contributed by atoms with E-state index in [1.54, 1.807) is 6.07 Å². The van der Waals surface area contributed by atoms with Crippen LogP contribution in [-0.2, 0) is 5.41 Å². The molecule has 0 aromatic heterocycles. The van der Waals surface area contributed by atoms with E-state index < -0.39 is 0 Å². The minimum Gasteiger partial charge on any atom is -0.493 e. The van der Waals surface area contributed by atoms with Crippen LogP contribution in [0.3, 0.4) is 0 Å². The number of rotatable bonds is 4. The van der Waals surface area contributed by atoms with E-state index in [0.29, 0.717) is 18.3 Å². The lowest BCUT2D eigenvalue weighted by atomic mass is 9.87. The molecule has 0 fully saturated rings. The van der Waals surface area contributed by atoms with Crippen LogP contribution in [0.1, 0.15) is 46.6 Å². The molecular formula is C15H23FO. The lowest BCUT2D eigenvalue weighted by molar-refractivity contribution is 0.255. The van der Waals surface area contributed by atoms with E-state index in [1.165, 1.54) is 6.07 Å². The van der Waals surface area contributed by atoms with Gasteiger partial charge in [0.1, 0.15) is 11.6 Å². The molecule has 17 heavy (non-hydrogen) atoms. The van der Waals surface area contributed by atoms with Crippen LogP contribution >= 0.6 is 0 Å². The molecule has 1 rings (SSSR count). The van der Waals surface area contributed by atoms with Gasteiger partial charge in [0.2, 0.25) is 0 Å². The Morgan fingerprint density at radius 1 is 1.24 bits per heavy atom. The SMILES string of the molecule is CCC(C)COc1cc(F)cc(C(C)(C)C)c1. The van der Waals surface area contributed by atoms with E-state index in [0.717, 1.165) is 12.0 Å². The van der Waals surface area contributed by atoms with Crippen LogP contribution < -0.4 is 4.74 Å². The molecule has 0 aliphatic rings. The molecule has 0 N–H and O–H groups in total. The minimum atomic E-state index is -0.225. The first-order chi connectivity index (χ1) is 7.82. The second-order valence-electron chi connectivity index (χ2n) is 5.75. The fourth-order valence-corrected chi connectivity index (χ4v) is 1.44. The highest BCUT2D eigenvalue weighted by Crippen LogP contribution is 2.27. The fourth-order valence-electron chi connectivity index (χ4n) is 1.44. The zero-order chi connectivity index (χ0) is 13.1. The van der Waals surface area contributed by atoms with Gasteiger partial charge in [-0.1, -0.05) is 41.0 Å². The number of hydrogen-bond donors (Lipinski definition) is 0. The predicted molar refractivity (Wildman–Crippen MR) is 70.1 cm³/mol. The molecule has 0 heterocycles. The summed E-state index contributed by atoms with van der Waals surface area (Å²) in [5.41, 5.74) is 0.910. The zero-order valence-electron chi connectivity index (χ0n) is 11.5. The molecule has 0 radical (unpaired) electrons. The van der Waals surface area contributed by atoms with Crippen LogP contribution in [0.5, 0.6) is 5.75 Å². The van der Waals surface area contributed by atoms with E-state index in [4.69, 9.17) is 4.74 Å². The van der Waals surface area contributed by atoms with Crippen molar-refractivity contribution in [1.29, 1.82) is 0 Å². The third-order valence-electron chi connectivity index (χ3n) is 2.97. The first kappa shape index (κ1) is 14.0. The molecule has 1 aromatic rings. The molecule has 0 bridgehead atoms. The van der Waals surface area contributed by atoms with Crippen LogP contribution in [0.25, 0.3) is 0 Å². The summed E-state index contributed by atoms with van der Waals surface area (Å²) in [5, 5.41) is 0. The molecule has 1 atom stereocenters. The summed E-state index contributed by atoms with van der Waals surface area (Å²) in [4.78, 5) is 0. The van der Waals surface area contributed by atoms with Crippen LogP contribution in [-0.4, -0.2) is 6.61 Å². The van der Waals surface area contributed by atoms with Gasteiger partial charge in [-0.25, -0.2) is 4.39 Å². The predicted octanol–water partition coefficient (Wildman–Crippen LogP) is 4.55. The minimum absolute atomic E-state index is 0.0589. The van der Waals surface area contributed by atoms with Gasteiger partial charge in [0.05, 0.1) is 6.61 Å². The number of benzene rings is 1. The van der Waals surface area contributed by atoms with Gasteiger partial charge in [0.15, 0.2) is 0 Å². The molecule has 0 saturated heterocycles. The molecule has 0 spiro atoms. The van der Waals surface area contributed by atoms with E-state index in [9.17, 15) is 4.39 Å². The third kappa shape index (κ3) is 4.37. The Balaban J connectivity index is 2.83. The summed E-state index contributed by atoms with van der Waals surface area (Å²) >= 11 is 0. The molecule has 2 heteroatoms. The van der Waals surface area contributed by atoms with E-state index in [-0.39, 0.29) is 11.2 Å². The quantitative estimate of drug-likeness (QED) is 0.747. The van der Waals surface area contributed by atoms with Crippen molar-refractivity contribution in [3.8, 4) is 5.75 Å². The molecule has 1 aromatic carbocycles. The topological polar surface area (TPSA) is 9.23 Å². The lowest BCUT2D eigenvalue weighted by Gasteiger charge is -2.20. The average Bonchev–Trinajstić information content (AvgIpc) is 2.24. The van der Waals surface area contributed by atoms with Crippen molar-refractivity contribution in [2.24, 2.45) is 5.92 Å². The van der Waals surface area contributed by atoms with E-state index >= 15 is 0 Å². The number of ether oxygens (including phenoxy) is 1. The molecule has 0 amide bonds. The van der Waals surface area contributed by atoms with E-state index in [1.807, 2.05) is 6.07 Å². The molecule has 1 unspecified atom stereocenters. The molecule has 0 saturated carbocycles. The summed E-state index contributed by atoms with van der Waals surface area (Å²) in [6.45, 7) is 11.1. The number of halogens is 1. The second-order valence-corrected chi connectivity index (χ2v) is 5.75. The highest BCUT2D eigenvalue weighted by Gasteiger charge is 2.16. The Kier molecular flexibility index (Phi) is 4.55. The first-order valence-electron chi connectivity index (χ1n) is 6.26. The van der Waals surface area contributed by atoms with Crippen molar-refractivity contribution >= 4 is 0 Å². The van der Waals surface area contributed by atoms with Gasteiger partial charge in [-0.15, -0.1) is 0 Å². The van der Waals surface area contributed by atoms with Gasteiger partial charge in [-0.2, -0.15) is 0 Å². The average molecular weight is 238 g/mol. The standard InChI is InChI=1S/C15H23FO/c1-6-11(2)10-17-14-8-12(15(3,4)5)7-13(16)9-14/h7-9,11H,6,10H2,1-5H3. The Hall–Kier alpha value is -1.05.